The zero-order valence-electron chi connectivity index (χ0n) is 23.7. The molecule has 10 nitrogen and oxygen atoms in total. The number of ether oxygens (including phenoxy) is 2. The standard InChI is InChI=1S/C29H38FN5O5/c1-6-38-29(37)35-11-10-20(24(30)15-35)13-25-17(2)27(26-18(3)34-40-19(26)4)33-28(32-25)21-8-7-9-23(12-21)39-16-22(36)14-31-5/h7-9,12,20,22,24,31,36H,6,10-11,13-16H2,1-5H3/t20-,22?,24+/m0/s1. The molecule has 216 valence electrons. The third kappa shape index (κ3) is 6.76. The fourth-order valence-corrected chi connectivity index (χ4v) is 4.98. The third-order valence-corrected chi connectivity index (χ3v) is 7.15. The van der Waals surface area contributed by atoms with E-state index in [-0.39, 0.29) is 25.7 Å². The molecule has 1 aliphatic rings. The smallest absolute Gasteiger partial charge is 0.409 e. The zero-order valence-corrected chi connectivity index (χ0v) is 23.7. The van der Waals surface area contributed by atoms with Crippen LogP contribution >= 0.6 is 0 Å². The van der Waals surface area contributed by atoms with Crippen molar-refractivity contribution in [3.05, 3.63) is 47.0 Å². The minimum absolute atomic E-state index is 0.00397. The Kier molecular flexibility index (Phi) is 9.70. The number of piperidine rings is 1. The number of rotatable bonds is 10. The molecule has 1 saturated heterocycles. The molecule has 11 heteroatoms. The molecule has 1 amide bonds. The van der Waals surface area contributed by atoms with E-state index in [1.54, 1.807) is 14.0 Å². The van der Waals surface area contributed by atoms with Crippen LogP contribution in [0.2, 0.25) is 0 Å². The second kappa shape index (κ2) is 13.2. The highest BCUT2D eigenvalue weighted by Gasteiger charge is 2.33. The molecule has 2 N–H and O–H groups in total. The van der Waals surface area contributed by atoms with Crippen molar-refractivity contribution in [3.8, 4) is 28.4 Å². The number of aromatic nitrogens is 3. The van der Waals surface area contributed by atoms with Crippen molar-refractivity contribution in [2.75, 3.05) is 39.9 Å². The molecular formula is C29H38FN5O5. The maximum atomic E-state index is 15.3. The number of aryl methyl sites for hydroxylation is 2. The molecule has 1 unspecified atom stereocenters. The highest BCUT2D eigenvalue weighted by molar-refractivity contribution is 5.71. The van der Waals surface area contributed by atoms with Crippen LogP contribution in [-0.2, 0) is 11.2 Å². The summed E-state index contributed by atoms with van der Waals surface area (Å²) in [6.45, 7) is 8.60. The van der Waals surface area contributed by atoms with Gasteiger partial charge in [-0.1, -0.05) is 17.3 Å². The quantitative estimate of drug-likeness (QED) is 0.382. The molecule has 1 fully saturated rings. The van der Waals surface area contributed by atoms with Crippen LogP contribution in [0.25, 0.3) is 22.6 Å². The highest BCUT2D eigenvalue weighted by Crippen LogP contribution is 2.34. The number of nitrogens with zero attached hydrogens (tertiary/aromatic N) is 4. The molecule has 0 spiro atoms. The van der Waals surface area contributed by atoms with E-state index in [4.69, 9.17) is 24.0 Å². The number of amides is 1. The number of likely N-dealkylation sites (N-methyl/N-ethyl adjacent to an activating group) is 1. The van der Waals surface area contributed by atoms with E-state index in [9.17, 15) is 9.90 Å². The van der Waals surface area contributed by atoms with E-state index in [1.807, 2.05) is 45.0 Å². The van der Waals surface area contributed by atoms with Crippen LogP contribution in [0, 0.1) is 26.7 Å². The van der Waals surface area contributed by atoms with Crippen LogP contribution in [0.3, 0.4) is 0 Å². The van der Waals surface area contributed by atoms with Crippen molar-refractivity contribution in [3.63, 3.8) is 0 Å². The molecule has 40 heavy (non-hydrogen) atoms. The first-order chi connectivity index (χ1) is 19.2. The fraction of sp³-hybridized carbons (Fsp3) is 0.517. The zero-order chi connectivity index (χ0) is 28.8. The Morgan fingerprint density at radius 1 is 1.30 bits per heavy atom. The number of benzene rings is 1. The summed E-state index contributed by atoms with van der Waals surface area (Å²) in [6, 6.07) is 7.37. The average molecular weight is 556 g/mol. The number of carbonyl (C=O) groups is 1. The largest absolute Gasteiger partial charge is 0.491 e. The number of aliphatic hydroxyl groups excluding tert-OH is 1. The third-order valence-electron chi connectivity index (χ3n) is 7.15. The number of halogens is 1. The van der Waals surface area contributed by atoms with Crippen LogP contribution in [0.1, 0.15) is 36.1 Å². The highest BCUT2D eigenvalue weighted by atomic mass is 19.1. The topological polar surface area (TPSA) is 123 Å². The molecule has 3 atom stereocenters. The maximum absolute atomic E-state index is 15.3. The lowest BCUT2D eigenvalue weighted by Gasteiger charge is -2.34. The molecule has 0 saturated carbocycles. The molecule has 0 radical (unpaired) electrons. The van der Waals surface area contributed by atoms with Crippen molar-refractivity contribution in [1.82, 2.24) is 25.3 Å². The predicted molar refractivity (Wildman–Crippen MR) is 148 cm³/mol. The van der Waals surface area contributed by atoms with Gasteiger partial charge < -0.3 is 29.3 Å². The van der Waals surface area contributed by atoms with Gasteiger partial charge in [0, 0.05) is 24.3 Å². The molecule has 0 bridgehead atoms. The lowest BCUT2D eigenvalue weighted by atomic mass is 9.88. The number of alkyl halides is 1. The summed E-state index contributed by atoms with van der Waals surface area (Å²) in [4.78, 5) is 23.4. The minimum Gasteiger partial charge on any atom is -0.491 e. The van der Waals surface area contributed by atoms with Crippen molar-refractivity contribution < 1.29 is 28.3 Å². The Morgan fingerprint density at radius 3 is 2.77 bits per heavy atom. The van der Waals surface area contributed by atoms with Crippen molar-refractivity contribution in [2.45, 2.75) is 52.8 Å². The van der Waals surface area contributed by atoms with Gasteiger partial charge in [0.15, 0.2) is 5.82 Å². The van der Waals surface area contributed by atoms with E-state index in [1.165, 1.54) is 4.90 Å². The van der Waals surface area contributed by atoms with Crippen molar-refractivity contribution in [1.29, 1.82) is 0 Å². The van der Waals surface area contributed by atoms with Gasteiger partial charge in [-0.25, -0.2) is 19.2 Å². The molecule has 1 aromatic carbocycles. The Hall–Kier alpha value is -3.57. The van der Waals surface area contributed by atoms with Gasteiger partial charge in [0.25, 0.3) is 0 Å². The lowest BCUT2D eigenvalue weighted by molar-refractivity contribution is 0.0575. The van der Waals surface area contributed by atoms with E-state index in [0.29, 0.717) is 54.7 Å². The Balaban J connectivity index is 1.66. The summed E-state index contributed by atoms with van der Waals surface area (Å²) in [5.41, 5.74) is 4.47. The molecule has 2 aromatic heterocycles. The summed E-state index contributed by atoms with van der Waals surface area (Å²) in [5, 5.41) is 17.0. The summed E-state index contributed by atoms with van der Waals surface area (Å²) in [7, 11) is 1.77. The van der Waals surface area contributed by atoms with Gasteiger partial charge in [0.1, 0.15) is 30.4 Å². The molecule has 3 aromatic rings. The monoisotopic (exact) mass is 555 g/mol. The molecule has 4 rings (SSSR count). The van der Waals surface area contributed by atoms with Gasteiger partial charge in [0.05, 0.1) is 30.1 Å². The summed E-state index contributed by atoms with van der Waals surface area (Å²) < 4.78 is 31.6. The van der Waals surface area contributed by atoms with Crippen LogP contribution in [-0.4, -0.2) is 83.4 Å². The van der Waals surface area contributed by atoms with Gasteiger partial charge in [-0.05, 0) is 71.2 Å². The van der Waals surface area contributed by atoms with Gasteiger partial charge in [-0.3, -0.25) is 0 Å². The number of carbonyl (C=O) groups excluding carboxylic acids is 1. The molecule has 1 aliphatic heterocycles. The number of hydrogen-bond acceptors (Lipinski definition) is 9. The van der Waals surface area contributed by atoms with Gasteiger partial charge in [-0.2, -0.15) is 0 Å². The molecular weight excluding hydrogens is 517 g/mol. The molecule has 3 heterocycles. The maximum Gasteiger partial charge on any atom is 0.409 e. The Morgan fingerprint density at radius 2 is 2.10 bits per heavy atom. The first-order valence-electron chi connectivity index (χ1n) is 13.6. The Bertz CT molecular complexity index is 1300. The second-order valence-electron chi connectivity index (χ2n) is 10.1. The van der Waals surface area contributed by atoms with E-state index < -0.39 is 18.4 Å². The van der Waals surface area contributed by atoms with Crippen molar-refractivity contribution in [2.24, 2.45) is 5.92 Å². The van der Waals surface area contributed by atoms with E-state index in [0.717, 1.165) is 22.4 Å². The van der Waals surface area contributed by atoms with Gasteiger partial charge >= 0.3 is 6.09 Å². The predicted octanol–water partition coefficient (Wildman–Crippen LogP) is 4.04. The molecule has 0 aliphatic carbocycles. The van der Waals surface area contributed by atoms with E-state index in [2.05, 4.69) is 10.5 Å². The number of aliphatic hydroxyl groups is 1. The fourth-order valence-electron chi connectivity index (χ4n) is 4.98. The number of hydrogen-bond donors (Lipinski definition) is 2. The normalized spacial score (nSPS) is 18.0. The SMILES string of the molecule is CCOC(=O)N1CC[C@@H](Cc2nc(-c3cccc(OCC(O)CNC)c3)nc(-c3c(C)noc3C)c2C)[C@H](F)C1. The number of likely N-dealkylation sites (tertiary alicyclic amines) is 1. The summed E-state index contributed by atoms with van der Waals surface area (Å²) >= 11 is 0. The minimum atomic E-state index is -1.21. The van der Waals surface area contributed by atoms with Crippen LogP contribution in [0.4, 0.5) is 9.18 Å². The summed E-state index contributed by atoms with van der Waals surface area (Å²) in [5.74, 6) is 1.37. The van der Waals surface area contributed by atoms with Gasteiger partial charge in [0.2, 0.25) is 0 Å². The second-order valence-corrected chi connectivity index (χ2v) is 10.1. The van der Waals surface area contributed by atoms with Crippen molar-refractivity contribution >= 4 is 6.09 Å². The lowest BCUT2D eigenvalue weighted by Crippen LogP contribution is -2.45. The summed E-state index contributed by atoms with van der Waals surface area (Å²) in [6.07, 6.45) is -1.45. The first kappa shape index (κ1) is 29.4. The number of nitrogens with one attached hydrogen (secondary N) is 1. The van der Waals surface area contributed by atoms with Crippen LogP contribution < -0.4 is 10.1 Å². The van der Waals surface area contributed by atoms with E-state index >= 15 is 4.39 Å². The first-order valence-corrected chi connectivity index (χ1v) is 13.6. The average Bonchev–Trinajstić information content (AvgIpc) is 3.27. The Labute approximate surface area is 233 Å². The van der Waals surface area contributed by atoms with Gasteiger partial charge in [-0.15, -0.1) is 0 Å². The van der Waals surface area contributed by atoms with Crippen LogP contribution in [0.15, 0.2) is 28.8 Å². The van der Waals surface area contributed by atoms with Crippen LogP contribution in [0.5, 0.6) is 5.75 Å².